The van der Waals surface area contributed by atoms with Crippen LogP contribution in [-0.4, -0.2) is 6.10 Å². The Hall–Kier alpha value is -1.02. The second-order valence-corrected chi connectivity index (χ2v) is 4.53. The molecule has 0 radical (unpaired) electrons. The van der Waals surface area contributed by atoms with Crippen LogP contribution in [0.2, 0.25) is 0 Å². The number of hydrogen-bond donors (Lipinski definition) is 1. The summed E-state index contributed by atoms with van der Waals surface area (Å²) >= 11 is 0. The maximum absolute atomic E-state index is 6.06. The number of rotatable bonds is 2. The molecule has 1 atom stereocenters. The van der Waals surface area contributed by atoms with Gasteiger partial charge in [0.05, 0.1) is 6.10 Å². The Bertz CT molecular complexity index is 346. The Morgan fingerprint density at radius 3 is 2.93 bits per heavy atom. The molecule has 0 aromatic heterocycles. The molecule has 0 amide bonds. The molecule has 0 fully saturated rings. The Morgan fingerprint density at radius 2 is 2.20 bits per heavy atom. The number of nitrogens with two attached hydrogens (primary N) is 1. The summed E-state index contributed by atoms with van der Waals surface area (Å²) in [4.78, 5) is 0. The van der Waals surface area contributed by atoms with Crippen LogP contribution in [0.15, 0.2) is 18.2 Å². The average Bonchev–Trinajstić information content (AvgIpc) is 2.17. The van der Waals surface area contributed by atoms with E-state index in [-0.39, 0.29) is 12.1 Å². The van der Waals surface area contributed by atoms with Crippen molar-refractivity contribution >= 4 is 0 Å². The van der Waals surface area contributed by atoms with Gasteiger partial charge in [-0.05, 0) is 56.4 Å². The Balaban J connectivity index is 2.25. The first-order chi connectivity index (χ1) is 7.16. The standard InChI is InChI=1S/C13H19NO/c1-9(2)15-11-6-7-12-10(8-11)4-3-5-13(12)14/h6-9,13H,3-5,14H2,1-2H3. The van der Waals surface area contributed by atoms with Crippen molar-refractivity contribution in [2.45, 2.75) is 45.3 Å². The lowest BCUT2D eigenvalue weighted by atomic mass is 9.88. The molecule has 1 aromatic rings. The molecule has 1 aromatic carbocycles. The third kappa shape index (κ3) is 2.32. The van der Waals surface area contributed by atoms with Crippen LogP contribution in [0.5, 0.6) is 5.75 Å². The molecule has 2 nitrogen and oxygen atoms in total. The number of fused-ring (bicyclic) bond motifs is 1. The largest absolute Gasteiger partial charge is 0.491 e. The molecule has 0 spiro atoms. The van der Waals surface area contributed by atoms with Gasteiger partial charge < -0.3 is 10.5 Å². The smallest absolute Gasteiger partial charge is 0.119 e. The molecule has 15 heavy (non-hydrogen) atoms. The van der Waals surface area contributed by atoms with Gasteiger partial charge in [-0.3, -0.25) is 0 Å². The summed E-state index contributed by atoms with van der Waals surface area (Å²) in [6.45, 7) is 4.09. The SMILES string of the molecule is CC(C)Oc1ccc2c(c1)CCCC2N. The van der Waals surface area contributed by atoms with Gasteiger partial charge in [-0.25, -0.2) is 0 Å². The zero-order chi connectivity index (χ0) is 10.8. The van der Waals surface area contributed by atoms with Crippen LogP contribution in [0.4, 0.5) is 0 Å². The molecule has 2 rings (SSSR count). The van der Waals surface area contributed by atoms with Gasteiger partial charge in [-0.2, -0.15) is 0 Å². The minimum Gasteiger partial charge on any atom is -0.491 e. The number of ether oxygens (including phenoxy) is 1. The highest BCUT2D eigenvalue weighted by molar-refractivity contribution is 5.38. The van der Waals surface area contributed by atoms with E-state index in [0.29, 0.717) is 0 Å². The van der Waals surface area contributed by atoms with Crippen LogP contribution in [0.3, 0.4) is 0 Å². The highest BCUT2D eigenvalue weighted by Gasteiger charge is 2.17. The molecule has 2 N–H and O–H groups in total. The molecular weight excluding hydrogens is 186 g/mol. The van der Waals surface area contributed by atoms with Gasteiger partial charge in [-0.15, -0.1) is 0 Å². The van der Waals surface area contributed by atoms with Crippen molar-refractivity contribution in [1.82, 2.24) is 0 Å². The van der Waals surface area contributed by atoms with Crippen molar-refractivity contribution in [1.29, 1.82) is 0 Å². The quantitative estimate of drug-likeness (QED) is 0.805. The minimum atomic E-state index is 0.224. The zero-order valence-corrected chi connectivity index (χ0v) is 9.49. The topological polar surface area (TPSA) is 35.2 Å². The fourth-order valence-corrected chi connectivity index (χ4v) is 2.17. The van der Waals surface area contributed by atoms with Gasteiger partial charge in [0, 0.05) is 6.04 Å². The predicted octanol–water partition coefficient (Wildman–Crippen LogP) is 2.81. The molecule has 2 heteroatoms. The van der Waals surface area contributed by atoms with E-state index >= 15 is 0 Å². The van der Waals surface area contributed by atoms with Gasteiger partial charge in [0.1, 0.15) is 5.75 Å². The molecule has 0 heterocycles. The van der Waals surface area contributed by atoms with Gasteiger partial charge in [-0.1, -0.05) is 6.07 Å². The van der Waals surface area contributed by atoms with Crippen molar-refractivity contribution in [3.8, 4) is 5.75 Å². The van der Waals surface area contributed by atoms with Crippen LogP contribution in [0.25, 0.3) is 0 Å². The molecule has 0 saturated carbocycles. The van der Waals surface area contributed by atoms with E-state index in [0.717, 1.165) is 18.6 Å². The predicted molar refractivity (Wildman–Crippen MR) is 62.1 cm³/mol. The highest BCUT2D eigenvalue weighted by atomic mass is 16.5. The van der Waals surface area contributed by atoms with Crippen molar-refractivity contribution in [3.63, 3.8) is 0 Å². The van der Waals surface area contributed by atoms with E-state index in [2.05, 4.69) is 12.1 Å². The number of aryl methyl sites for hydroxylation is 1. The molecule has 1 aliphatic carbocycles. The van der Waals surface area contributed by atoms with Crippen LogP contribution in [-0.2, 0) is 6.42 Å². The van der Waals surface area contributed by atoms with Crippen molar-refractivity contribution in [3.05, 3.63) is 29.3 Å². The summed E-state index contributed by atoms with van der Waals surface area (Å²) in [7, 11) is 0. The average molecular weight is 205 g/mol. The summed E-state index contributed by atoms with van der Waals surface area (Å²) < 4.78 is 5.67. The van der Waals surface area contributed by atoms with Gasteiger partial charge in [0.15, 0.2) is 0 Å². The van der Waals surface area contributed by atoms with Crippen molar-refractivity contribution < 1.29 is 4.74 Å². The normalized spacial score (nSPS) is 20.1. The Kier molecular flexibility index (Phi) is 2.96. The van der Waals surface area contributed by atoms with E-state index in [9.17, 15) is 0 Å². The van der Waals surface area contributed by atoms with E-state index in [1.54, 1.807) is 0 Å². The molecule has 1 unspecified atom stereocenters. The second-order valence-electron chi connectivity index (χ2n) is 4.53. The summed E-state index contributed by atoms with van der Waals surface area (Å²) in [5.41, 5.74) is 8.73. The summed E-state index contributed by atoms with van der Waals surface area (Å²) in [5, 5.41) is 0. The third-order valence-electron chi connectivity index (χ3n) is 2.85. The first-order valence-corrected chi connectivity index (χ1v) is 5.72. The van der Waals surface area contributed by atoms with Crippen LogP contribution in [0, 0.1) is 0 Å². The second kappa shape index (κ2) is 4.23. The van der Waals surface area contributed by atoms with Crippen LogP contribution in [0.1, 0.15) is 43.9 Å². The number of hydrogen-bond acceptors (Lipinski definition) is 2. The first kappa shape index (κ1) is 10.5. The third-order valence-corrected chi connectivity index (χ3v) is 2.85. The van der Waals surface area contributed by atoms with Crippen molar-refractivity contribution in [2.75, 3.05) is 0 Å². The van der Waals surface area contributed by atoms with E-state index in [1.807, 2.05) is 19.9 Å². The van der Waals surface area contributed by atoms with Gasteiger partial charge in [0.2, 0.25) is 0 Å². The molecule has 1 aliphatic rings. The molecule has 0 aliphatic heterocycles. The molecule has 82 valence electrons. The molecular formula is C13H19NO. The van der Waals surface area contributed by atoms with E-state index in [1.165, 1.54) is 17.5 Å². The summed E-state index contributed by atoms with van der Waals surface area (Å²) in [6.07, 6.45) is 3.68. The maximum atomic E-state index is 6.06. The van der Waals surface area contributed by atoms with Gasteiger partial charge in [0.25, 0.3) is 0 Å². The Labute approximate surface area is 91.4 Å². The highest BCUT2D eigenvalue weighted by Crippen LogP contribution is 2.30. The number of benzene rings is 1. The fourth-order valence-electron chi connectivity index (χ4n) is 2.17. The van der Waals surface area contributed by atoms with Crippen LogP contribution >= 0.6 is 0 Å². The minimum absolute atomic E-state index is 0.224. The monoisotopic (exact) mass is 205 g/mol. The molecule has 0 bridgehead atoms. The lowest BCUT2D eigenvalue weighted by Crippen LogP contribution is -2.17. The lowest BCUT2D eigenvalue weighted by Gasteiger charge is -2.23. The first-order valence-electron chi connectivity index (χ1n) is 5.72. The molecule has 0 saturated heterocycles. The van der Waals surface area contributed by atoms with Crippen molar-refractivity contribution in [2.24, 2.45) is 5.73 Å². The van der Waals surface area contributed by atoms with Crippen LogP contribution < -0.4 is 10.5 Å². The lowest BCUT2D eigenvalue weighted by molar-refractivity contribution is 0.242. The Morgan fingerprint density at radius 1 is 1.40 bits per heavy atom. The zero-order valence-electron chi connectivity index (χ0n) is 9.49. The summed E-state index contributed by atoms with van der Waals surface area (Å²) in [6, 6.07) is 6.52. The summed E-state index contributed by atoms with van der Waals surface area (Å²) in [5.74, 6) is 0.970. The van der Waals surface area contributed by atoms with E-state index < -0.39 is 0 Å². The maximum Gasteiger partial charge on any atom is 0.119 e. The fraction of sp³-hybridized carbons (Fsp3) is 0.538. The van der Waals surface area contributed by atoms with E-state index in [4.69, 9.17) is 10.5 Å². The van der Waals surface area contributed by atoms with Gasteiger partial charge >= 0.3 is 0 Å².